The van der Waals surface area contributed by atoms with Gasteiger partial charge in [-0.3, -0.25) is 10.2 Å². The number of nitrogens with zero attached hydrogens (tertiary/aromatic N) is 3. The lowest BCUT2D eigenvalue weighted by atomic mass is 10.1. The van der Waals surface area contributed by atoms with Gasteiger partial charge in [-0.1, -0.05) is 38.1 Å². The molecule has 0 saturated heterocycles. The molecule has 0 radical (unpaired) electrons. The van der Waals surface area contributed by atoms with Gasteiger partial charge in [-0.25, -0.2) is 18.1 Å². The molecule has 1 amide bonds. The van der Waals surface area contributed by atoms with Crippen molar-refractivity contribution in [3.63, 3.8) is 0 Å². The van der Waals surface area contributed by atoms with Crippen LogP contribution in [0.3, 0.4) is 0 Å². The second-order valence-corrected chi connectivity index (χ2v) is 8.31. The number of amides is 1. The van der Waals surface area contributed by atoms with E-state index >= 15 is 0 Å². The predicted molar refractivity (Wildman–Crippen MR) is 109 cm³/mol. The number of aryl methyl sites for hydroxylation is 1. The average Bonchev–Trinajstić information content (AvgIpc) is 3.10. The summed E-state index contributed by atoms with van der Waals surface area (Å²) >= 11 is 0. The van der Waals surface area contributed by atoms with Gasteiger partial charge in [0.05, 0.1) is 15.9 Å². The van der Waals surface area contributed by atoms with Gasteiger partial charge in [-0.15, -0.1) is 0 Å². The highest BCUT2D eigenvalue weighted by Gasteiger charge is 2.21. The van der Waals surface area contributed by atoms with Crippen LogP contribution in [0, 0.1) is 0 Å². The lowest BCUT2D eigenvalue weighted by Gasteiger charge is -2.18. The van der Waals surface area contributed by atoms with E-state index in [-0.39, 0.29) is 17.2 Å². The van der Waals surface area contributed by atoms with Crippen molar-refractivity contribution in [1.29, 1.82) is 0 Å². The van der Waals surface area contributed by atoms with Gasteiger partial charge < -0.3 is 0 Å². The van der Waals surface area contributed by atoms with Crippen molar-refractivity contribution in [2.75, 3.05) is 18.5 Å². The lowest BCUT2D eigenvalue weighted by molar-refractivity contribution is -0.117. The van der Waals surface area contributed by atoms with Gasteiger partial charge in [0.1, 0.15) is 6.33 Å². The van der Waals surface area contributed by atoms with Gasteiger partial charge in [0.15, 0.2) is 0 Å². The van der Waals surface area contributed by atoms with Gasteiger partial charge in [-0.2, -0.15) is 4.31 Å². The van der Waals surface area contributed by atoms with E-state index in [0.29, 0.717) is 19.5 Å². The summed E-state index contributed by atoms with van der Waals surface area (Å²) in [5.41, 5.74) is 5.37. The first-order valence-electron chi connectivity index (χ1n) is 9.26. The molecule has 0 aliphatic rings. The first-order valence-corrected chi connectivity index (χ1v) is 10.7. The Hall–Kier alpha value is -2.71. The van der Waals surface area contributed by atoms with Gasteiger partial charge in [-0.05, 0) is 36.2 Å². The van der Waals surface area contributed by atoms with E-state index in [4.69, 9.17) is 0 Å². The van der Waals surface area contributed by atoms with E-state index in [1.807, 2.05) is 38.1 Å². The minimum absolute atomic E-state index is 0.136. The molecule has 0 aliphatic carbocycles. The molecular weight excluding hydrogens is 376 g/mol. The van der Waals surface area contributed by atoms with Crippen LogP contribution < -0.4 is 5.43 Å². The van der Waals surface area contributed by atoms with E-state index in [0.717, 1.165) is 16.6 Å². The summed E-state index contributed by atoms with van der Waals surface area (Å²) in [5, 5.41) is 0. The number of aromatic nitrogens is 2. The van der Waals surface area contributed by atoms with Crippen LogP contribution in [0.1, 0.15) is 25.8 Å². The Morgan fingerprint density at radius 1 is 1.07 bits per heavy atom. The Labute approximate surface area is 165 Å². The number of hydrogen-bond donors (Lipinski definition) is 1. The van der Waals surface area contributed by atoms with Crippen LogP contribution in [-0.4, -0.2) is 41.4 Å². The molecule has 28 heavy (non-hydrogen) atoms. The molecule has 3 rings (SSSR count). The molecule has 8 heteroatoms. The molecular formula is C20H24N4O3S. The maximum absolute atomic E-state index is 12.5. The Morgan fingerprint density at radius 3 is 2.43 bits per heavy atom. The first-order chi connectivity index (χ1) is 13.5. The van der Waals surface area contributed by atoms with Crippen LogP contribution in [0.25, 0.3) is 11.0 Å². The van der Waals surface area contributed by atoms with E-state index in [1.54, 1.807) is 35.3 Å². The summed E-state index contributed by atoms with van der Waals surface area (Å²) in [6, 6.07) is 14.3. The SMILES string of the molecule is CCN(CC)S(=O)(=O)c1ccc(CCC(=O)Nn2cnc3ccccc32)cc1. The summed E-state index contributed by atoms with van der Waals surface area (Å²) < 4.78 is 28.0. The number of imidazole rings is 1. The quantitative estimate of drug-likeness (QED) is 0.630. The highest BCUT2D eigenvalue weighted by Crippen LogP contribution is 2.17. The molecule has 1 aromatic heterocycles. The van der Waals surface area contributed by atoms with Crippen LogP contribution in [0.2, 0.25) is 0 Å². The third kappa shape index (κ3) is 4.23. The largest absolute Gasteiger partial charge is 0.273 e. The number of para-hydroxylation sites is 2. The van der Waals surface area contributed by atoms with Crippen molar-refractivity contribution in [2.24, 2.45) is 0 Å². The molecule has 0 atom stereocenters. The fourth-order valence-electron chi connectivity index (χ4n) is 3.04. The predicted octanol–water partition coefficient (Wildman–Crippen LogP) is 2.77. The highest BCUT2D eigenvalue weighted by molar-refractivity contribution is 7.89. The molecule has 0 fully saturated rings. The van der Waals surface area contributed by atoms with Crippen molar-refractivity contribution < 1.29 is 13.2 Å². The smallest absolute Gasteiger partial charge is 0.243 e. The number of benzene rings is 2. The number of carbonyl (C=O) groups is 1. The summed E-state index contributed by atoms with van der Waals surface area (Å²) in [4.78, 5) is 16.8. The van der Waals surface area contributed by atoms with E-state index in [1.165, 1.54) is 4.31 Å². The zero-order valence-electron chi connectivity index (χ0n) is 16.0. The first kappa shape index (κ1) is 20.0. The monoisotopic (exact) mass is 400 g/mol. The minimum atomic E-state index is -3.46. The summed E-state index contributed by atoms with van der Waals surface area (Å²) in [6.45, 7) is 4.50. The Kier molecular flexibility index (Phi) is 6.11. The fraction of sp³-hybridized carbons (Fsp3) is 0.300. The maximum atomic E-state index is 12.5. The van der Waals surface area contributed by atoms with Gasteiger partial charge in [0, 0.05) is 19.5 Å². The Bertz CT molecular complexity index is 1050. The van der Waals surface area contributed by atoms with Crippen LogP contribution in [0.4, 0.5) is 0 Å². The van der Waals surface area contributed by atoms with Crippen molar-refractivity contribution >= 4 is 27.0 Å². The minimum Gasteiger partial charge on any atom is -0.273 e. The molecule has 1 N–H and O–H groups in total. The second-order valence-electron chi connectivity index (χ2n) is 6.37. The van der Waals surface area contributed by atoms with E-state index in [2.05, 4.69) is 10.4 Å². The molecule has 1 heterocycles. The number of nitrogens with one attached hydrogen (secondary N) is 1. The van der Waals surface area contributed by atoms with Crippen LogP contribution in [-0.2, 0) is 21.2 Å². The molecule has 0 aliphatic heterocycles. The van der Waals surface area contributed by atoms with Crippen LogP contribution in [0.5, 0.6) is 0 Å². The Morgan fingerprint density at radius 2 is 1.75 bits per heavy atom. The topological polar surface area (TPSA) is 84.3 Å². The second kappa shape index (κ2) is 8.53. The number of hydrogen-bond acceptors (Lipinski definition) is 4. The summed E-state index contributed by atoms with van der Waals surface area (Å²) in [7, 11) is -3.46. The van der Waals surface area contributed by atoms with Crippen molar-refractivity contribution in [1.82, 2.24) is 14.0 Å². The number of rotatable bonds is 8. The van der Waals surface area contributed by atoms with Gasteiger partial charge in [0.25, 0.3) is 0 Å². The average molecular weight is 401 g/mol. The van der Waals surface area contributed by atoms with Gasteiger partial charge in [0.2, 0.25) is 15.9 Å². The summed E-state index contributed by atoms with van der Waals surface area (Å²) in [6.07, 6.45) is 2.38. The van der Waals surface area contributed by atoms with Crippen molar-refractivity contribution in [3.8, 4) is 0 Å². The zero-order chi connectivity index (χ0) is 20.1. The molecule has 0 spiro atoms. The fourth-order valence-corrected chi connectivity index (χ4v) is 4.50. The highest BCUT2D eigenvalue weighted by atomic mass is 32.2. The molecule has 148 valence electrons. The molecule has 0 saturated carbocycles. The third-order valence-electron chi connectivity index (χ3n) is 4.61. The van der Waals surface area contributed by atoms with E-state index < -0.39 is 10.0 Å². The van der Waals surface area contributed by atoms with Crippen LogP contribution >= 0.6 is 0 Å². The molecule has 0 unspecified atom stereocenters. The third-order valence-corrected chi connectivity index (χ3v) is 6.67. The number of sulfonamides is 1. The molecule has 0 bridgehead atoms. The normalized spacial score (nSPS) is 11.8. The standard InChI is InChI=1S/C20H24N4O3S/c1-3-23(4-2)28(26,27)17-12-9-16(10-13-17)11-14-20(25)22-24-15-21-18-7-5-6-8-19(18)24/h5-10,12-13,15H,3-4,11,14H2,1-2H3,(H,22,25). The van der Waals surface area contributed by atoms with Crippen molar-refractivity contribution in [2.45, 2.75) is 31.6 Å². The van der Waals surface area contributed by atoms with E-state index in [9.17, 15) is 13.2 Å². The van der Waals surface area contributed by atoms with Crippen LogP contribution in [0.15, 0.2) is 59.8 Å². The summed E-state index contributed by atoms with van der Waals surface area (Å²) in [5.74, 6) is -0.136. The molecule has 2 aromatic carbocycles. The molecule has 7 nitrogen and oxygen atoms in total. The lowest BCUT2D eigenvalue weighted by Crippen LogP contribution is -2.30. The number of carbonyl (C=O) groups excluding carboxylic acids is 1. The number of fused-ring (bicyclic) bond motifs is 1. The van der Waals surface area contributed by atoms with Gasteiger partial charge >= 0.3 is 0 Å². The zero-order valence-corrected chi connectivity index (χ0v) is 16.8. The Balaban J connectivity index is 1.61. The molecule has 3 aromatic rings. The van der Waals surface area contributed by atoms with Crippen molar-refractivity contribution in [3.05, 3.63) is 60.4 Å². The maximum Gasteiger partial charge on any atom is 0.243 e.